The Kier molecular flexibility index (Phi) is 3.55. The minimum Gasteiger partial charge on any atom is -0.357 e. The van der Waals surface area contributed by atoms with Crippen LogP contribution in [0.4, 0.5) is 5.13 Å². The normalized spacial score (nSPS) is 9.47. The van der Waals surface area contributed by atoms with Crippen LogP contribution in [-0.4, -0.2) is 22.4 Å². The first-order valence-electron chi connectivity index (χ1n) is 4.89. The summed E-state index contributed by atoms with van der Waals surface area (Å²) in [5, 5.41) is 3.20. The van der Waals surface area contributed by atoms with Gasteiger partial charge in [-0.2, -0.15) is 0 Å². The van der Waals surface area contributed by atoms with Gasteiger partial charge in [0.15, 0.2) is 5.13 Å². The van der Waals surface area contributed by atoms with Crippen molar-refractivity contribution in [1.29, 1.82) is 0 Å². The van der Waals surface area contributed by atoms with Gasteiger partial charge in [-0.3, -0.25) is 10.1 Å². The Bertz CT molecular complexity index is 562. The SMILES string of the molecule is NCC#Cc1cnc(NC(=O)c2ccc[nH]2)s1. The first-order chi connectivity index (χ1) is 8.29. The summed E-state index contributed by atoms with van der Waals surface area (Å²) in [7, 11) is 0. The number of amides is 1. The van der Waals surface area contributed by atoms with Crippen LogP contribution < -0.4 is 11.1 Å². The second-order valence-corrected chi connectivity index (χ2v) is 4.10. The average molecular weight is 246 g/mol. The lowest BCUT2D eigenvalue weighted by molar-refractivity contribution is 0.102. The summed E-state index contributed by atoms with van der Waals surface area (Å²) >= 11 is 1.31. The van der Waals surface area contributed by atoms with Crippen molar-refractivity contribution in [2.24, 2.45) is 5.73 Å². The van der Waals surface area contributed by atoms with Crippen LogP contribution >= 0.6 is 11.3 Å². The molecule has 0 unspecified atom stereocenters. The second-order valence-electron chi connectivity index (χ2n) is 3.07. The van der Waals surface area contributed by atoms with E-state index in [4.69, 9.17) is 5.73 Å². The number of carbonyl (C=O) groups excluding carboxylic acids is 1. The average Bonchev–Trinajstić information content (AvgIpc) is 2.97. The molecule has 0 aromatic carbocycles. The Morgan fingerprint density at radius 1 is 1.65 bits per heavy atom. The van der Waals surface area contributed by atoms with Crippen molar-refractivity contribution in [2.45, 2.75) is 0 Å². The minimum atomic E-state index is -0.220. The van der Waals surface area contributed by atoms with Crippen LogP contribution in [0.5, 0.6) is 0 Å². The number of rotatable bonds is 2. The van der Waals surface area contributed by atoms with Crippen LogP contribution in [0.1, 0.15) is 15.4 Å². The topological polar surface area (TPSA) is 83.8 Å². The van der Waals surface area contributed by atoms with E-state index >= 15 is 0 Å². The highest BCUT2D eigenvalue weighted by Crippen LogP contribution is 2.17. The molecule has 0 bridgehead atoms. The molecule has 17 heavy (non-hydrogen) atoms. The molecule has 86 valence electrons. The lowest BCUT2D eigenvalue weighted by Crippen LogP contribution is -2.11. The summed E-state index contributed by atoms with van der Waals surface area (Å²) in [5.41, 5.74) is 5.76. The second kappa shape index (κ2) is 5.30. The largest absolute Gasteiger partial charge is 0.357 e. The molecular weight excluding hydrogens is 236 g/mol. The summed E-state index contributed by atoms with van der Waals surface area (Å²) in [6.45, 7) is 0.308. The molecule has 0 spiro atoms. The van der Waals surface area contributed by atoms with E-state index in [-0.39, 0.29) is 5.91 Å². The molecule has 6 heteroatoms. The molecule has 5 nitrogen and oxygen atoms in total. The van der Waals surface area contributed by atoms with Crippen molar-refractivity contribution >= 4 is 22.4 Å². The fourth-order valence-electron chi connectivity index (χ4n) is 1.16. The molecule has 2 rings (SSSR count). The Hall–Kier alpha value is -2.10. The number of thiazole rings is 1. The molecule has 2 heterocycles. The fraction of sp³-hybridized carbons (Fsp3) is 0.0909. The van der Waals surface area contributed by atoms with Gasteiger partial charge in [-0.15, -0.1) is 0 Å². The standard InChI is InChI=1S/C11H10N4OS/c12-5-1-3-8-7-14-11(17-8)15-10(16)9-4-2-6-13-9/h2,4,6-7,13H,5,12H2,(H,14,15,16). The van der Waals surface area contributed by atoms with E-state index in [2.05, 4.69) is 27.1 Å². The molecule has 0 aliphatic heterocycles. The number of nitrogens with one attached hydrogen (secondary N) is 2. The highest BCUT2D eigenvalue weighted by molar-refractivity contribution is 7.16. The summed E-state index contributed by atoms with van der Waals surface area (Å²) in [4.78, 5) is 19.3. The Balaban J connectivity index is 2.04. The van der Waals surface area contributed by atoms with E-state index in [1.165, 1.54) is 11.3 Å². The number of hydrogen-bond donors (Lipinski definition) is 3. The van der Waals surface area contributed by atoms with E-state index in [9.17, 15) is 4.79 Å². The van der Waals surface area contributed by atoms with Gasteiger partial charge < -0.3 is 10.7 Å². The van der Waals surface area contributed by atoms with Gasteiger partial charge in [-0.05, 0) is 12.1 Å². The van der Waals surface area contributed by atoms with E-state index in [0.717, 1.165) is 4.88 Å². The zero-order chi connectivity index (χ0) is 12.1. The molecule has 0 atom stereocenters. The number of carbonyl (C=O) groups is 1. The van der Waals surface area contributed by atoms with Crippen molar-refractivity contribution in [3.63, 3.8) is 0 Å². The number of aromatic amines is 1. The molecule has 0 fully saturated rings. The summed E-state index contributed by atoms with van der Waals surface area (Å²) in [6, 6.07) is 3.45. The van der Waals surface area contributed by atoms with E-state index in [0.29, 0.717) is 17.4 Å². The van der Waals surface area contributed by atoms with Gasteiger partial charge >= 0.3 is 0 Å². The number of hydrogen-bond acceptors (Lipinski definition) is 4. The van der Waals surface area contributed by atoms with E-state index in [1.54, 1.807) is 24.5 Å². The predicted octanol–water partition coefficient (Wildman–Crippen LogP) is 1.03. The van der Waals surface area contributed by atoms with Crippen LogP contribution in [0, 0.1) is 11.8 Å². The van der Waals surface area contributed by atoms with Gasteiger partial charge in [0, 0.05) is 6.20 Å². The van der Waals surface area contributed by atoms with Gasteiger partial charge in [-0.1, -0.05) is 23.2 Å². The van der Waals surface area contributed by atoms with E-state index < -0.39 is 0 Å². The number of nitrogens with zero attached hydrogens (tertiary/aromatic N) is 1. The monoisotopic (exact) mass is 246 g/mol. The van der Waals surface area contributed by atoms with Gasteiger partial charge in [0.05, 0.1) is 17.6 Å². The lowest BCUT2D eigenvalue weighted by atomic mass is 10.4. The van der Waals surface area contributed by atoms with Crippen molar-refractivity contribution in [3.05, 3.63) is 35.1 Å². The quantitative estimate of drug-likeness (QED) is 0.692. The smallest absolute Gasteiger partial charge is 0.273 e. The first-order valence-corrected chi connectivity index (χ1v) is 5.71. The van der Waals surface area contributed by atoms with Crippen LogP contribution in [0.25, 0.3) is 0 Å². The maximum Gasteiger partial charge on any atom is 0.273 e. The van der Waals surface area contributed by atoms with Gasteiger partial charge in [0.1, 0.15) is 5.69 Å². The van der Waals surface area contributed by atoms with Crippen LogP contribution in [0.15, 0.2) is 24.5 Å². The zero-order valence-electron chi connectivity index (χ0n) is 8.86. The van der Waals surface area contributed by atoms with Crippen molar-refractivity contribution in [1.82, 2.24) is 9.97 Å². The van der Waals surface area contributed by atoms with Gasteiger partial charge in [0.25, 0.3) is 5.91 Å². The Morgan fingerprint density at radius 3 is 3.24 bits per heavy atom. The third-order valence-electron chi connectivity index (χ3n) is 1.88. The Labute approximate surface area is 102 Å². The molecule has 2 aromatic rings. The van der Waals surface area contributed by atoms with Crippen LogP contribution in [-0.2, 0) is 0 Å². The van der Waals surface area contributed by atoms with E-state index in [1.807, 2.05) is 0 Å². The first kappa shape index (κ1) is 11.4. The van der Waals surface area contributed by atoms with Crippen LogP contribution in [0.3, 0.4) is 0 Å². The molecule has 4 N–H and O–H groups in total. The molecule has 0 radical (unpaired) electrons. The third kappa shape index (κ3) is 2.93. The third-order valence-corrected chi connectivity index (χ3v) is 2.71. The number of anilines is 1. The fourth-order valence-corrected chi connectivity index (χ4v) is 1.85. The van der Waals surface area contributed by atoms with Gasteiger partial charge in [-0.25, -0.2) is 4.98 Å². The molecule has 0 aliphatic rings. The molecule has 1 amide bonds. The van der Waals surface area contributed by atoms with Gasteiger partial charge in [0.2, 0.25) is 0 Å². The van der Waals surface area contributed by atoms with Crippen LogP contribution in [0.2, 0.25) is 0 Å². The summed E-state index contributed by atoms with van der Waals surface area (Å²) in [5.74, 6) is 5.36. The summed E-state index contributed by atoms with van der Waals surface area (Å²) < 4.78 is 0. The zero-order valence-corrected chi connectivity index (χ0v) is 9.67. The molecule has 0 saturated heterocycles. The number of nitrogens with two attached hydrogens (primary N) is 1. The Morgan fingerprint density at radius 2 is 2.53 bits per heavy atom. The summed E-state index contributed by atoms with van der Waals surface area (Å²) in [6.07, 6.45) is 3.30. The number of H-pyrrole nitrogens is 1. The maximum atomic E-state index is 11.7. The highest BCUT2D eigenvalue weighted by atomic mass is 32.1. The minimum absolute atomic E-state index is 0.220. The molecular formula is C11H10N4OS. The highest BCUT2D eigenvalue weighted by Gasteiger charge is 2.08. The predicted molar refractivity (Wildman–Crippen MR) is 66.8 cm³/mol. The van der Waals surface area contributed by atoms with Crippen molar-refractivity contribution < 1.29 is 4.79 Å². The molecule has 0 aliphatic carbocycles. The van der Waals surface area contributed by atoms with Crippen molar-refractivity contribution in [3.8, 4) is 11.8 Å². The molecule has 2 aromatic heterocycles. The lowest BCUT2D eigenvalue weighted by Gasteiger charge is -1.97. The van der Waals surface area contributed by atoms with Crippen molar-refractivity contribution in [2.75, 3.05) is 11.9 Å². The number of aromatic nitrogens is 2. The molecule has 0 saturated carbocycles. The maximum absolute atomic E-state index is 11.7.